The molecule has 0 radical (unpaired) electrons. The van der Waals surface area contributed by atoms with Crippen LogP contribution in [0.15, 0.2) is 112 Å². The highest BCUT2D eigenvalue weighted by Crippen LogP contribution is 2.48. The summed E-state index contributed by atoms with van der Waals surface area (Å²) in [6.45, 7) is 2.85. The molecule has 0 atom stereocenters. The molecule has 0 bridgehead atoms. The summed E-state index contributed by atoms with van der Waals surface area (Å²) in [7, 11) is -13.1. The Morgan fingerprint density at radius 1 is 0.789 bits per heavy atom. The van der Waals surface area contributed by atoms with Gasteiger partial charge in [0.25, 0.3) is 30.4 Å². The monoisotopic (exact) mass is 1180 g/mol. The SMILES string of the molecule is CS(=O)(=O)O.Cc1cc(N=Nc2c(SOOO)cc3cc(S(=O)(=O)O)c(N=Nc4c(C)c(C#N)c5nc6ccccc6n5c4O)cc3c2O)c(OCCCS(=O)(=O)O)cc1N=Nc1nc2cc(SOOO)c(Cl)cc2s1. The number of phenols is 1. The number of nitrogens with zero attached hydrogens (tertiary/aromatic N) is 10. The number of fused-ring (bicyclic) bond motifs is 5. The highest BCUT2D eigenvalue weighted by Gasteiger charge is 2.25. The number of azo groups is 3. The Hall–Kier alpha value is -6.63. The Balaban J connectivity index is 0.00000160. The molecule has 35 heteroatoms. The van der Waals surface area contributed by atoms with E-state index in [0.29, 0.717) is 62.1 Å². The van der Waals surface area contributed by atoms with E-state index >= 15 is 0 Å². The summed E-state index contributed by atoms with van der Waals surface area (Å²) in [5.74, 6) is -1.84. The lowest BCUT2D eigenvalue weighted by Gasteiger charge is -2.13. The molecule has 5 aromatic carbocycles. The molecule has 398 valence electrons. The van der Waals surface area contributed by atoms with Crippen LogP contribution in [0.4, 0.5) is 33.6 Å². The molecule has 76 heavy (non-hydrogen) atoms. The number of aromatic nitrogens is 3. The van der Waals surface area contributed by atoms with E-state index in [2.05, 4.69) is 59.4 Å². The van der Waals surface area contributed by atoms with E-state index in [9.17, 15) is 49.8 Å². The summed E-state index contributed by atoms with van der Waals surface area (Å²) >= 11 is 8.40. The zero-order chi connectivity index (χ0) is 55.3. The molecule has 7 N–H and O–H groups in total. The lowest BCUT2D eigenvalue weighted by molar-refractivity contribution is -0.432. The van der Waals surface area contributed by atoms with Gasteiger partial charge in [0, 0.05) is 17.0 Å². The fourth-order valence-electron chi connectivity index (χ4n) is 6.85. The van der Waals surface area contributed by atoms with E-state index in [0.717, 1.165) is 23.5 Å². The van der Waals surface area contributed by atoms with Crippen LogP contribution in [-0.2, 0) is 49.1 Å². The van der Waals surface area contributed by atoms with Crippen molar-refractivity contribution in [3.05, 3.63) is 88.4 Å². The van der Waals surface area contributed by atoms with Crippen LogP contribution < -0.4 is 4.74 Å². The molecule has 8 aromatic rings. The third-order valence-corrected chi connectivity index (χ3v) is 14.3. The smallest absolute Gasteiger partial charge is 0.296 e. The topological polar surface area (TPSA) is 418 Å². The van der Waals surface area contributed by atoms with Crippen LogP contribution in [0.1, 0.15) is 23.1 Å². The van der Waals surface area contributed by atoms with Gasteiger partial charge >= 0.3 is 0 Å². The highest BCUT2D eigenvalue weighted by molar-refractivity contribution is 7.95. The van der Waals surface area contributed by atoms with Crippen molar-refractivity contribution in [1.29, 1.82) is 5.26 Å². The minimum atomic E-state index is -5.09. The number of nitriles is 1. The second-order valence-electron chi connectivity index (χ2n) is 15.3. The third kappa shape index (κ3) is 13.7. The van der Waals surface area contributed by atoms with Gasteiger partial charge in [-0.05, 0) is 79.7 Å². The lowest BCUT2D eigenvalue weighted by atomic mass is 10.1. The average molecular weight is 1180 g/mol. The van der Waals surface area contributed by atoms with Gasteiger partial charge in [0.2, 0.25) is 11.0 Å². The number of pyridine rings is 1. The van der Waals surface area contributed by atoms with Gasteiger partial charge in [-0.3, -0.25) is 18.1 Å². The van der Waals surface area contributed by atoms with Crippen molar-refractivity contribution < 1.29 is 83.1 Å². The normalized spacial score (nSPS) is 12.5. The van der Waals surface area contributed by atoms with E-state index in [-0.39, 0.29) is 84.1 Å². The molecule has 28 nitrogen and oxygen atoms in total. The third-order valence-electron chi connectivity index (χ3n) is 10.0. The van der Waals surface area contributed by atoms with Gasteiger partial charge < -0.3 is 14.9 Å². The predicted octanol–water partition coefficient (Wildman–Crippen LogP) is 11.3. The van der Waals surface area contributed by atoms with E-state index < -0.39 is 58.3 Å². The summed E-state index contributed by atoms with van der Waals surface area (Å²) in [5.41, 5.74) is 1.15. The molecule has 0 amide bonds. The summed E-state index contributed by atoms with van der Waals surface area (Å²) in [4.78, 5) is 8.34. The molecule has 0 aliphatic rings. The van der Waals surface area contributed by atoms with Crippen molar-refractivity contribution in [3.63, 3.8) is 0 Å². The molecule has 0 saturated heterocycles. The number of phenolic OH excluding ortho intramolecular Hbond substituents is 1. The van der Waals surface area contributed by atoms with E-state index in [1.165, 1.54) is 29.5 Å². The van der Waals surface area contributed by atoms with Gasteiger partial charge in [-0.15, -0.1) is 39.4 Å². The fraction of sp³-hybridized carbons (Fsp3) is 0.146. The van der Waals surface area contributed by atoms with Gasteiger partial charge in [0.05, 0.1) is 84.5 Å². The first-order valence-corrected chi connectivity index (χ1v) is 28.1. The number of halogens is 1. The second-order valence-corrected chi connectivity index (χ2v) is 22.6. The van der Waals surface area contributed by atoms with Gasteiger partial charge in [0.15, 0.2) is 17.1 Å². The number of rotatable bonds is 18. The molecule has 3 heterocycles. The van der Waals surface area contributed by atoms with Crippen molar-refractivity contribution in [1.82, 2.24) is 14.4 Å². The zero-order valence-corrected chi connectivity index (χ0v) is 44.0. The largest absolute Gasteiger partial charge is 0.505 e. The first kappa shape index (κ1) is 57.1. The molecular formula is C41H33ClN10O18S6. The number of para-hydroxylation sites is 2. The van der Waals surface area contributed by atoms with Crippen LogP contribution in [0, 0.1) is 25.2 Å². The number of hydrogen-bond donors (Lipinski definition) is 7. The number of aromatic hydroxyl groups is 2. The quantitative estimate of drug-likeness (QED) is 0.0105. The Morgan fingerprint density at radius 3 is 2.12 bits per heavy atom. The van der Waals surface area contributed by atoms with Crippen LogP contribution in [0.5, 0.6) is 17.4 Å². The maximum atomic E-state index is 12.8. The Bertz CT molecular complexity index is 4070. The summed E-state index contributed by atoms with van der Waals surface area (Å²) in [6, 6.07) is 18.1. The number of thiazole rings is 1. The standard InChI is InChI=1S/C40H29ClN10O15S5.CH4O3S/c1-18-10-26(30(62-8-5-9-70(56,57)58)15-25(18)45-50-40-44-27-16-31(68-65-63-54)23(41)14-32(27)67-40)46-49-36-33(69-66-64-55)11-20-12-34(71(59,60)61)28(13-21(20)37(36)52)47-48-35-19(2)22(17-42)38-43-24-6-3-4-7-29(24)51(38)39(35)53;1-5(2,3)4/h3-4,6-7,10-16,52-55H,5,8-9H2,1-2H3,(H,56,57,58)(H,59,60,61);1H3,(H,2,3,4). The van der Waals surface area contributed by atoms with E-state index in [4.69, 9.17) is 31.4 Å². The minimum Gasteiger partial charge on any atom is -0.505 e. The van der Waals surface area contributed by atoms with Gasteiger partial charge in [-0.1, -0.05) is 45.1 Å². The van der Waals surface area contributed by atoms with Gasteiger partial charge in [-0.25, -0.2) is 20.5 Å². The first-order valence-electron chi connectivity index (χ1n) is 20.5. The molecule has 8 rings (SSSR count). The molecule has 0 unspecified atom stereocenters. The molecule has 0 saturated carbocycles. The molecular weight excluding hydrogens is 1150 g/mol. The van der Waals surface area contributed by atoms with Crippen LogP contribution in [0.25, 0.3) is 37.7 Å². The Kier molecular flexibility index (Phi) is 17.8. The highest BCUT2D eigenvalue weighted by atomic mass is 35.5. The first-order chi connectivity index (χ1) is 35.9. The van der Waals surface area contributed by atoms with E-state index in [1.807, 2.05) is 6.07 Å². The Morgan fingerprint density at radius 2 is 1.45 bits per heavy atom. The number of aryl methyl sites for hydroxylation is 1. The van der Waals surface area contributed by atoms with Crippen LogP contribution >= 0.6 is 47.0 Å². The second kappa shape index (κ2) is 23.7. The van der Waals surface area contributed by atoms with Crippen molar-refractivity contribution >= 4 is 149 Å². The lowest BCUT2D eigenvalue weighted by Crippen LogP contribution is -2.08. The van der Waals surface area contributed by atoms with Gasteiger partial charge in [-0.2, -0.15) is 30.5 Å². The van der Waals surface area contributed by atoms with Crippen LogP contribution in [0.3, 0.4) is 0 Å². The zero-order valence-electron chi connectivity index (χ0n) is 38.4. The number of benzene rings is 5. The minimum absolute atomic E-state index is 0.0115. The fourth-order valence-corrected chi connectivity index (χ4v) is 10.00. The number of hydrogen-bond acceptors (Lipinski definition) is 27. The molecule has 3 aromatic heterocycles. The number of ether oxygens (including phenoxy) is 1. The molecule has 0 spiro atoms. The maximum absolute atomic E-state index is 12.8. The number of imidazole rings is 1. The average Bonchev–Trinajstić information content (AvgIpc) is 3.93. The Labute approximate surface area is 444 Å². The molecule has 0 aliphatic carbocycles. The van der Waals surface area contributed by atoms with Crippen molar-refractivity contribution in [2.75, 3.05) is 18.6 Å². The summed E-state index contributed by atoms with van der Waals surface area (Å²) in [5, 5.41) is 83.9. The maximum Gasteiger partial charge on any atom is 0.296 e. The predicted molar refractivity (Wildman–Crippen MR) is 273 cm³/mol. The van der Waals surface area contributed by atoms with Crippen molar-refractivity contribution in [2.24, 2.45) is 30.7 Å². The summed E-state index contributed by atoms with van der Waals surface area (Å²) in [6.07, 6.45) is 0.556. The van der Waals surface area contributed by atoms with Crippen LogP contribution in [0.2, 0.25) is 5.02 Å². The van der Waals surface area contributed by atoms with Crippen molar-refractivity contribution in [2.45, 2.75) is 35.0 Å². The van der Waals surface area contributed by atoms with E-state index in [1.54, 1.807) is 43.3 Å². The van der Waals surface area contributed by atoms with Crippen LogP contribution in [-0.4, -0.2) is 92.6 Å². The summed E-state index contributed by atoms with van der Waals surface area (Å²) < 4.78 is 111. The molecule has 0 fully saturated rings. The molecule has 0 aliphatic heterocycles. The van der Waals surface area contributed by atoms with Gasteiger partial charge in [0.1, 0.15) is 39.3 Å². The van der Waals surface area contributed by atoms with Crippen molar-refractivity contribution in [3.8, 4) is 23.4 Å².